The fourth-order valence-corrected chi connectivity index (χ4v) is 1.40. The number of phenolic OH excluding ortho intramolecular Hbond substituents is 1. The molecule has 82 valence electrons. The van der Waals surface area contributed by atoms with Crippen LogP contribution in [0.1, 0.15) is 30.9 Å². The molecule has 1 rings (SSSR count). The van der Waals surface area contributed by atoms with Crippen LogP contribution in [0.4, 0.5) is 0 Å². The maximum atomic E-state index is 9.61. The molecule has 0 saturated carbocycles. The molecule has 0 amide bonds. The van der Waals surface area contributed by atoms with Gasteiger partial charge in [-0.2, -0.15) is 0 Å². The molecule has 0 aliphatic rings. The molecule has 15 heavy (non-hydrogen) atoms. The maximum absolute atomic E-state index is 9.61. The zero-order chi connectivity index (χ0) is 11.1. The Balaban J connectivity index is 2.55. The molecule has 1 aromatic rings. The molecule has 0 atom stereocenters. The Bertz CT molecular complexity index is 320. The summed E-state index contributed by atoms with van der Waals surface area (Å²) in [7, 11) is 0. The number of hydrogen-bond donors (Lipinski definition) is 2. The van der Waals surface area contributed by atoms with E-state index in [9.17, 15) is 5.11 Å². The van der Waals surface area contributed by atoms with Gasteiger partial charge < -0.3 is 10.4 Å². The second-order valence-electron chi connectivity index (χ2n) is 3.62. The van der Waals surface area contributed by atoms with Crippen molar-refractivity contribution in [3.8, 4) is 5.75 Å². The van der Waals surface area contributed by atoms with E-state index in [1.165, 1.54) is 12.8 Å². The van der Waals surface area contributed by atoms with Gasteiger partial charge in [0.05, 0.1) is 0 Å². The fraction of sp³-hybridized carbons (Fsp3) is 0.385. The molecule has 0 fully saturated rings. The molecule has 0 aromatic heterocycles. The second kappa shape index (κ2) is 6.25. The maximum Gasteiger partial charge on any atom is 0.120 e. The minimum absolute atomic E-state index is 0.351. The molecule has 0 heterocycles. The zero-order valence-electron chi connectivity index (χ0n) is 9.29. The molecule has 1 aromatic carbocycles. The van der Waals surface area contributed by atoms with Crippen LogP contribution < -0.4 is 5.32 Å². The normalized spacial score (nSPS) is 10.2. The molecule has 0 bridgehead atoms. The lowest BCUT2D eigenvalue weighted by Gasteiger charge is -2.07. The van der Waals surface area contributed by atoms with Gasteiger partial charge in [-0.05, 0) is 30.7 Å². The van der Waals surface area contributed by atoms with E-state index >= 15 is 0 Å². The molecule has 0 spiro atoms. The Hall–Kier alpha value is -1.28. The van der Waals surface area contributed by atoms with Gasteiger partial charge in [-0.3, -0.25) is 0 Å². The summed E-state index contributed by atoms with van der Waals surface area (Å²) < 4.78 is 0. The van der Waals surface area contributed by atoms with Crippen LogP contribution in [-0.2, 0) is 6.54 Å². The summed E-state index contributed by atoms with van der Waals surface area (Å²) in [6, 6.07) is 5.53. The molecule has 2 N–H and O–H groups in total. The molecule has 2 nitrogen and oxygen atoms in total. The van der Waals surface area contributed by atoms with Crippen LogP contribution in [0.2, 0.25) is 0 Å². The summed E-state index contributed by atoms with van der Waals surface area (Å²) >= 11 is 0. The largest absolute Gasteiger partial charge is 0.508 e. The molecular formula is C13H19NO. The van der Waals surface area contributed by atoms with Crippen LogP contribution in [0, 0.1) is 0 Å². The van der Waals surface area contributed by atoms with Gasteiger partial charge in [-0.15, -0.1) is 0 Å². The summed E-state index contributed by atoms with van der Waals surface area (Å²) in [4.78, 5) is 0. The predicted octanol–water partition coefficient (Wildman–Crippen LogP) is 2.92. The fourth-order valence-electron chi connectivity index (χ4n) is 1.40. The average molecular weight is 205 g/mol. The summed E-state index contributed by atoms with van der Waals surface area (Å²) in [5, 5.41) is 12.9. The van der Waals surface area contributed by atoms with E-state index in [0.717, 1.165) is 17.7 Å². The van der Waals surface area contributed by atoms with Crippen molar-refractivity contribution in [3.05, 3.63) is 35.9 Å². The van der Waals surface area contributed by atoms with Crippen LogP contribution >= 0.6 is 0 Å². The first-order valence-electron chi connectivity index (χ1n) is 5.43. The van der Waals surface area contributed by atoms with Crippen molar-refractivity contribution in [3.63, 3.8) is 0 Å². The van der Waals surface area contributed by atoms with Crippen molar-refractivity contribution in [1.29, 1.82) is 0 Å². The molecule has 2 heteroatoms. The van der Waals surface area contributed by atoms with Crippen molar-refractivity contribution < 1.29 is 5.11 Å². The van der Waals surface area contributed by atoms with Gasteiger partial charge in [0.15, 0.2) is 0 Å². The average Bonchev–Trinajstić information content (AvgIpc) is 2.26. The lowest BCUT2D eigenvalue weighted by molar-refractivity contribution is 0.464. The van der Waals surface area contributed by atoms with Crippen molar-refractivity contribution in [2.24, 2.45) is 0 Å². The monoisotopic (exact) mass is 205 g/mol. The van der Waals surface area contributed by atoms with Crippen LogP contribution in [0.25, 0.3) is 6.08 Å². The number of nitrogens with one attached hydrogen (secondary N) is 1. The van der Waals surface area contributed by atoms with E-state index in [1.807, 2.05) is 12.1 Å². The van der Waals surface area contributed by atoms with Gasteiger partial charge in [-0.1, -0.05) is 32.1 Å². The quantitative estimate of drug-likeness (QED) is 0.700. The summed E-state index contributed by atoms with van der Waals surface area (Å²) in [5.74, 6) is 0.351. The van der Waals surface area contributed by atoms with Gasteiger partial charge in [0.1, 0.15) is 5.75 Å². The number of benzene rings is 1. The smallest absolute Gasteiger partial charge is 0.120 e. The SMILES string of the molecule is C=Cc1ccc(O)c(CNCCCC)c1. The van der Waals surface area contributed by atoms with Crippen molar-refractivity contribution in [2.45, 2.75) is 26.3 Å². The topological polar surface area (TPSA) is 32.3 Å². The van der Waals surface area contributed by atoms with Crippen LogP contribution in [0.15, 0.2) is 24.8 Å². The molecule has 0 unspecified atom stereocenters. The third-order valence-corrected chi connectivity index (χ3v) is 2.36. The third kappa shape index (κ3) is 3.76. The molecule has 0 aliphatic heterocycles. The Morgan fingerprint density at radius 3 is 2.93 bits per heavy atom. The number of unbranched alkanes of at least 4 members (excludes halogenated alkanes) is 1. The van der Waals surface area contributed by atoms with E-state index in [-0.39, 0.29) is 0 Å². The molecule has 0 aliphatic carbocycles. The highest BCUT2D eigenvalue weighted by Crippen LogP contribution is 2.18. The van der Waals surface area contributed by atoms with Crippen LogP contribution in [-0.4, -0.2) is 11.7 Å². The minimum Gasteiger partial charge on any atom is -0.508 e. The van der Waals surface area contributed by atoms with Gasteiger partial charge in [-0.25, -0.2) is 0 Å². The van der Waals surface area contributed by atoms with Crippen LogP contribution in [0.3, 0.4) is 0 Å². The second-order valence-corrected chi connectivity index (χ2v) is 3.62. The zero-order valence-corrected chi connectivity index (χ0v) is 9.29. The highest BCUT2D eigenvalue weighted by molar-refractivity contribution is 5.51. The first-order valence-corrected chi connectivity index (χ1v) is 5.43. The van der Waals surface area contributed by atoms with Crippen molar-refractivity contribution in [1.82, 2.24) is 5.32 Å². The van der Waals surface area contributed by atoms with E-state index in [2.05, 4.69) is 18.8 Å². The van der Waals surface area contributed by atoms with E-state index in [0.29, 0.717) is 12.3 Å². The molecule has 0 saturated heterocycles. The highest BCUT2D eigenvalue weighted by Gasteiger charge is 2.00. The summed E-state index contributed by atoms with van der Waals surface area (Å²) in [6.45, 7) is 7.58. The number of rotatable bonds is 6. The number of hydrogen-bond acceptors (Lipinski definition) is 2. The van der Waals surface area contributed by atoms with Gasteiger partial charge in [0.2, 0.25) is 0 Å². The lowest BCUT2D eigenvalue weighted by Crippen LogP contribution is -2.14. The number of phenols is 1. The Labute approximate surface area is 91.6 Å². The Morgan fingerprint density at radius 1 is 1.47 bits per heavy atom. The molecule has 0 radical (unpaired) electrons. The van der Waals surface area contributed by atoms with Crippen LogP contribution in [0.5, 0.6) is 5.75 Å². The van der Waals surface area contributed by atoms with Gasteiger partial charge >= 0.3 is 0 Å². The Kier molecular flexibility index (Phi) is 4.91. The van der Waals surface area contributed by atoms with E-state index in [4.69, 9.17) is 0 Å². The van der Waals surface area contributed by atoms with Crippen molar-refractivity contribution >= 4 is 6.08 Å². The Morgan fingerprint density at radius 2 is 2.27 bits per heavy atom. The predicted molar refractivity (Wildman–Crippen MR) is 64.8 cm³/mol. The van der Waals surface area contributed by atoms with E-state index in [1.54, 1.807) is 12.1 Å². The first kappa shape index (κ1) is 11.8. The van der Waals surface area contributed by atoms with Gasteiger partial charge in [0.25, 0.3) is 0 Å². The summed E-state index contributed by atoms with van der Waals surface area (Å²) in [6.07, 6.45) is 4.14. The first-order chi connectivity index (χ1) is 7.27. The minimum atomic E-state index is 0.351. The number of aromatic hydroxyl groups is 1. The van der Waals surface area contributed by atoms with Crippen molar-refractivity contribution in [2.75, 3.05) is 6.54 Å². The molecular weight excluding hydrogens is 186 g/mol. The lowest BCUT2D eigenvalue weighted by atomic mass is 10.1. The summed E-state index contributed by atoms with van der Waals surface area (Å²) in [5.41, 5.74) is 1.98. The van der Waals surface area contributed by atoms with E-state index < -0.39 is 0 Å². The van der Waals surface area contributed by atoms with Gasteiger partial charge in [0, 0.05) is 12.1 Å². The standard InChI is InChI=1S/C13H19NO/c1-3-5-8-14-10-12-9-11(4-2)6-7-13(12)15/h4,6-7,9,14-15H,2-3,5,8,10H2,1H3. The highest BCUT2D eigenvalue weighted by atomic mass is 16.3. The third-order valence-electron chi connectivity index (χ3n) is 2.36.